The Balaban J connectivity index is 3.10. The third kappa shape index (κ3) is 4.34. The first kappa shape index (κ1) is 8.18. The minimum absolute atomic E-state index is 0.446. The second-order valence-corrected chi connectivity index (χ2v) is 4.30. The van der Waals surface area contributed by atoms with Crippen molar-refractivity contribution in [3.8, 4) is 0 Å². The summed E-state index contributed by atoms with van der Waals surface area (Å²) in [7, 11) is -0.446. The lowest BCUT2D eigenvalue weighted by Crippen LogP contribution is -2.16. The molecule has 0 aromatic rings. The van der Waals surface area contributed by atoms with Crippen LogP contribution in [0.15, 0.2) is 0 Å². The van der Waals surface area contributed by atoms with Crippen LogP contribution in [0.5, 0.6) is 0 Å². The molecule has 0 fully saturated rings. The van der Waals surface area contributed by atoms with Gasteiger partial charge in [-0.15, -0.1) is 0 Å². The molecule has 0 aliphatic rings. The molecule has 8 heavy (non-hydrogen) atoms. The molecule has 0 amide bonds. The zero-order valence-electron chi connectivity index (χ0n) is 6.19. The van der Waals surface area contributed by atoms with E-state index >= 15 is 0 Å². The van der Waals surface area contributed by atoms with E-state index in [0.717, 1.165) is 6.42 Å². The van der Waals surface area contributed by atoms with Crippen molar-refractivity contribution in [3.63, 3.8) is 0 Å². The van der Waals surface area contributed by atoms with Gasteiger partial charge in [-0.05, 0) is 26.4 Å². The van der Waals surface area contributed by atoms with E-state index in [9.17, 15) is 0 Å². The van der Waals surface area contributed by atoms with E-state index in [4.69, 9.17) is 4.43 Å². The normalized spacial score (nSPS) is 14.6. The summed E-state index contributed by atoms with van der Waals surface area (Å²) in [5, 5.41) is 0. The largest absolute Gasteiger partial charge is 0.415 e. The molecule has 2 heteroatoms. The van der Waals surface area contributed by atoms with Crippen molar-refractivity contribution in [2.45, 2.75) is 39.5 Å². The van der Waals surface area contributed by atoms with E-state index in [-0.39, 0.29) is 0 Å². The highest BCUT2D eigenvalue weighted by Crippen LogP contribution is 1.97. The van der Waals surface area contributed by atoms with Crippen molar-refractivity contribution in [2.24, 2.45) is 0 Å². The first-order valence-corrected chi connectivity index (χ1v) is 5.54. The van der Waals surface area contributed by atoms with Crippen LogP contribution in [0.3, 0.4) is 0 Å². The predicted octanol–water partition coefficient (Wildman–Crippen LogP) is 2.05. The molecule has 1 radical (unpaired) electrons. The third-order valence-corrected chi connectivity index (χ3v) is 1.89. The van der Waals surface area contributed by atoms with Gasteiger partial charge in [0.05, 0.1) is 0 Å². The van der Waals surface area contributed by atoms with Crippen LogP contribution in [-0.4, -0.2) is 15.1 Å². The molecule has 0 bridgehead atoms. The highest BCUT2D eigenvalue weighted by Gasteiger charge is 2.01. The van der Waals surface area contributed by atoms with Gasteiger partial charge in [0, 0.05) is 6.10 Å². The first-order valence-electron chi connectivity index (χ1n) is 3.13. The Bertz CT molecular complexity index is 54.5. The summed E-state index contributed by atoms with van der Waals surface area (Å²) in [5.74, 6) is 0. The molecule has 0 saturated carbocycles. The Morgan fingerprint density at radius 3 is 2.12 bits per heavy atom. The van der Waals surface area contributed by atoms with Crippen molar-refractivity contribution in [1.82, 2.24) is 0 Å². The molecule has 0 rings (SSSR count). The summed E-state index contributed by atoms with van der Waals surface area (Å²) in [6, 6.07) is 0. The van der Waals surface area contributed by atoms with Gasteiger partial charge in [0.1, 0.15) is 0 Å². The van der Waals surface area contributed by atoms with Crippen molar-refractivity contribution in [1.29, 1.82) is 0 Å². The van der Waals surface area contributed by atoms with Crippen LogP contribution in [0.4, 0.5) is 0 Å². The van der Waals surface area contributed by atoms with E-state index in [2.05, 4.69) is 26.9 Å². The minimum atomic E-state index is -0.446. The Hall–Kier alpha value is 0.177. The van der Waals surface area contributed by atoms with Gasteiger partial charge in [0.2, 0.25) is 9.04 Å². The first-order chi connectivity index (χ1) is 3.66. The highest BCUT2D eigenvalue weighted by atomic mass is 28.3. The fraction of sp³-hybridized carbons (Fsp3) is 1.00. The van der Waals surface area contributed by atoms with E-state index in [0.29, 0.717) is 6.10 Å². The third-order valence-electron chi connectivity index (χ3n) is 1.01. The molecule has 0 N–H and O–H groups in total. The number of rotatable bonds is 3. The second-order valence-electron chi connectivity index (χ2n) is 2.24. The smallest absolute Gasteiger partial charge is 0.205 e. The van der Waals surface area contributed by atoms with E-state index in [1.165, 1.54) is 0 Å². The van der Waals surface area contributed by atoms with Gasteiger partial charge in [-0.25, -0.2) is 0 Å². The minimum Gasteiger partial charge on any atom is -0.415 e. The van der Waals surface area contributed by atoms with Gasteiger partial charge in [-0.1, -0.05) is 6.92 Å². The molecule has 0 spiro atoms. The van der Waals surface area contributed by atoms with Gasteiger partial charge >= 0.3 is 0 Å². The summed E-state index contributed by atoms with van der Waals surface area (Å²) < 4.78 is 5.50. The molecule has 0 saturated heterocycles. The van der Waals surface area contributed by atoms with Crippen molar-refractivity contribution >= 4 is 9.04 Å². The van der Waals surface area contributed by atoms with E-state index < -0.39 is 9.04 Å². The fourth-order valence-electron chi connectivity index (χ4n) is 0.486. The van der Waals surface area contributed by atoms with Crippen LogP contribution in [0.1, 0.15) is 20.3 Å². The Kier molecular flexibility index (Phi) is 4.19. The average molecular weight is 131 g/mol. The van der Waals surface area contributed by atoms with Crippen molar-refractivity contribution in [2.75, 3.05) is 0 Å². The molecule has 0 aromatic carbocycles. The second kappa shape index (κ2) is 4.10. The lowest BCUT2D eigenvalue weighted by atomic mass is 10.3. The Morgan fingerprint density at radius 1 is 1.50 bits per heavy atom. The average Bonchev–Trinajstić information content (AvgIpc) is 1.65. The van der Waals surface area contributed by atoms with E-state index in [1.807, 2.05) is 0 Å². The number of hydrogen-bond donors (Lipinski definition) is 0. The zero-order chi connectivity index (χ0) is 6.57. The molecule has 49 valence electrons. The summed E-state index contributed by atoms with van der Waals surface area (Å²) in [6.07, 6.45) is 1.61. The summed E-state index contributed by atoms with van der Waals surface area (Å²) >= 11 is 0. The maximum Gasteiger partial charge on any atom is 0.205 e. The summed E-state index contributed by atoms with van der Waals surface area (Å²) in [5.41, 5.74) is 0. The molecular formula is C6H15OSi. The molecule has 1 nitrogen and oxygen atoms in total. The molecule has 0 aliphatic heterocycles. The molecule has 0 aliphatic carbocycles. The standard InChI is InChI=1S/C6H15OSi/c1-5-6(2)7-8(3)4/h6H,5H2,1-4H3. The van der Waals surface area contributed by atoms with Crippen molar-refractivity contribution < 1.29 is 4.43 Å². The zero-order valence-corrected chi connectivity index (χ0v) is 7.19. The van der Waals surface area contributed by atoms with Gasteiger partial charge < -0.3 is 4.43 Å². The van der Waals surface area contributed by atoms with Crippen LogP contribution in [0, 0.1) is 0 Å². The fourth-order valence-corrected chi connectivity index (χ4v) is 1.46. The van der Waals surface area contributed by atoms with Gasteiger partial charge in [0.25, 0.3) is 0 Å². The van der Waals surface area contributed by atoms with Crippen LogP contribution in [-0.2, 0) is 4.43 Å². The molecule has 0 aromatic heterocycles. The summed E-state index contributed by atoms with van der Waals surface area (Å²) in [6.45, 7) is 8.60. The van der Waals surface area contributed by atoms with Crippen molar-refractivity contribution in [3.05, 3.63) is 0 Å². The van der Waals surface area contributed by atoms with Gasteiger partial charge in [-0.3, -0.25) is 0 Å². The lowest BCUT2D eigenvalue weighted by molar-refractivity contribution is 0.221. The SMILES string of the molecule is CCC(C)O[Si](C)C. The summed E-state index contributed by atoms with van der Waals surface area (Å²) in [4.78, 5) is 0. The van der Waals surface area contributed by atoms with E-state index in [1.54, 1.807) is 0 Å². The van der Waals surface area contributed by atoms with Gasteiger partial charge in [0.15, 0.2) is 0 Å². The molecule has 0 heterocycles. The Labute approximate surface area is 53.8 Å². The molecule has 1 unspecified atom stereocenters. The maximum absolute atomic E-state index is 5.50. The van der Waals surface area contributed by atoms with Gasteiger partial charge in [-0.2, -0.15) is 0 Å². The van der Waals surface area contributed by atoms with Crippen LogP contribution >= 0.6 is 0 Å². The molecule has 1 atom stereocenters. The van der Waals surface area contributed by atoms with Crippen LogP contribution in [0.2, 0.25) is 13.1 Å². The quantitative estimate of drug-likeness (QED) is 0.533. The monoisotopic (exact) mass is 131 g/mol. The van der Waals surface area contributed by atoms with Crippen LogP contribution < -0.4 is 0 Å². The topological polar surface area (TPSA) is 9.23 Å². The number of hydrogen-bond acceptors (Lipinski definition) is 1. The molecular weight excluding hydrogens is 116 g/mol. The van der Waals surface area contributed by atoms with Crippen LogP contribution in [0.25, 0.3) is 0 Å². The predicted molar refractivity (Wildman–Crippen MR) is 38.3 cm³/mol. The lowest BCUT2D eigenvalue weighted by Gasteiger charge is -2.11. The Morgan fingerprint density at radius 2 is 2.00 bits per heavy atom. The maximum atomic E-state index is 5.50. The highest BCUT2D eigenvalue weighted by molar-refractivity contribution is 6.48.